The quantitative estimate of drug-likeness (QED) is 0.360. The molecule has 1 aromatic carbocycles. The molecule has 6 heteroatoms. The Bertz CT molecular complexity index is 474. The standard InChI is InChI=1S/C16H24N4O.HI/c1-2-17-16(19-12-15(21)20-14-8-9-14)18-11-10-13-6-4-3-5-7-13;/h3-7,14H,2,8-12H2,1H3,(H,20,21)(H2,17,18,19);1H. The van der Waals surface area contributed by atoms with Gasteiger partial charge in [-0.1, -0.05) is 30.3 Å². The lowest BCUT2D eigenvalue weighted by Gasteiger charge is -2.11. The van der Waals surface area contributed by atoms with E-state index >= 15 is 0 Å². The molecule has 3 N–H and O–H groups in total. The number of amides is 1. The minimum atomic E-state index is -0.00207. The summed E-state index contributed by atoms with van der Waals surface area (Å²) < 4.78 is 0. The van der Waals surface area contributed by atoms with E-state index < -0.39 is 0 Å². The van der Waals surface area contributed by atoms with Crippen LogP contribution >= 0.6 is 24.0 Å². The fourth-order valence-corrected chi connectivity index (χ4v) is 1.96. The van der Waals surface area contributed by atoms with E-state index in [1.54, 1.807) is 0 Å². The van der Waals surface area contributed by atoms with Gasteiger partial charge in [0.25, 0.3) is 0 Å². The van der Waals surface area contributed by atoms with Crippen molar-refractivity contribution in [1.82, 2.24) is 16.0 Å². The Morgan fingerprint density at radius 1 is 1.23 bits per heavy atom. The first kappa shape index (κ1) is 18.7. The largest absolute Gasteiger partial charge is 0.357 e. The highest BCUT2D eigenvalue weighted by molar-refractivity contribution is 14.0. The minimum Gasteiger partial charge on any atom is -0.357 e. The highest BCUT2D eigenvalue weighted by Gasteiger charge is 2.22. The van der Waals surface area contributed by atoms with Gasteiger partial charge >= 0.3 is 0 Å². The predicted molar refractivity (Wildman–Crippen MR) is 101 cm³/mol. The van der Waals surface area contributed by atoms with Gasteiger partial charge in [-0.2, -0.15) is 0 Å². The van der Waals surface area contributed by atoms with Gasteiger partial charge < -0.3 is 16.0 Å². The van der Waals surface area contributed by atoms with E-state index in [-0.39, 0.29) is 36.4 Å². The average molecular weight is 416 g/mol. The Labute approximate surface area is 149 Å². The number of hydrogen-bond donors (Lipinski definition) is 3. The molecule has 0 saturated heterocycles. The third-order valence-electron chi connectivity index (χ3n) is 3.22. The van der Waals surface area contributed by atoms with Crippen molar-refractivity contribution in [2.75, 3.05) is 19.6 Å². The third-order valence-corrected chi connectivity index (χ3v) is 3.22. The number of rotatable bonds is 7. The van der Waals surface area contributed by atoms with Gasteiger partial charge in [-0.25, -0.2) is 4.99 Å². The van der Waals surface area contributed by atoms with Crippen LogP contribution in [0.3, 0.4) is 0 Å². The molecule has 5 nitrogen and oxygen atoms in total. The van der Waals surface area contributed by atoms with Gasteiger partial charge in [-0.05, 0) is 31.7 Å². The molecule has 1 fully saturated rings. The number of carbonyl (C=O) groups excluding carboxylic acids is 1. The van der Waals surface area contributed by atoms with E-state index in [1.807, 2.05) is 25.1 Å². The van der Waals surface area contributed by atoms with Gasteiger partial charge in [0.1, 0.15) is 6.54 Å². The van der Waals surface area contributed by atoms with Crippen molar-refractivity contribution in [1.29, 1.82) is 0 Å². The van der Waals surface area contributed by atoms with Crippen LogP contribution in [0.4, 0.5) is 0 Å². The van der Waals surface area contributed by atoms with E-state index in [0.717, 1.165) is 32.4 Å². The van der Waals surface area contributed by atoms with E-state index in [0.29, 0.717) is 12.0 Å². The third kappa shape index (κ3) is 7.63. The molecule has 0 aliphatic heterocycles. The van der Waals surface area contributed by atoms with Crippen LogP contribution in [-0.4, -0.2) is 37.5 Å². The summed E-state index contributed by atoms with van der Waals surface area (Å²) in [6, 6.07) is 10.7. The minimum absolute atomic E-state index is 0. The molecule has 0 radical (unpaired) electrons. The Balaban J connectivity index is 0.00000242. The maximum atomic E-state index is 11.6. The smallest absolute Gasteiger partial charge is 0.242 e. The molecule has 0 bridgehead atoms. The average Bonchev–Trinajstić information content (AvgIpc) is 3.30. The molecule has 2 rings (SSSR count). The van der Waals surface area contributed by atoms with E-state index in [9.17, 15) is 4.79 Å². The number of halogens is 1. The van der Waals surface area contributed by atoms with Crippen LogP contribution in [0.2, 0.25) is 0 Å². The van der Waals surface area contributed by atoms with Crippen molar-refractivity contribution in [3.05, 3.63) is 35.9 Å². The van der Waals surface area contributed by atoms with Crippen molar-refractivity contribution in [3.63, 3.8) is 0 Å². The van der Waals surface area contributed by atoms with Gasteiger partial charge in [0.15, 0.2) is 5.96 Å². The number of hydrogen-bond acceptors (Lipinski definition) is 2. The summed E-state index contributed by atoms with van der Waals surface area (Å²) in [5.41, 5.74) is 1.28. The molecule has 1 saturated carbocycles. The van der Waals surface area contributed by atoms with Gasteiger partial charge in [-0.3, -0.25) is 4.79 Å². The number of nitrogens with zero attached hydrogens (tertiary/aromatic N) is 1. The highest BCUT2D eigenvalue weighted by Crippen LogP contribution is 2.18. The van der Waals surface area contributed by atoms with Crippen LogP contribution in [0, 0.1) is 0 Å². The van der Waals surface area contributed by atoms with Gasteiger partial charge in [-0.15, -0.1) is 24.0 Å². The molecule has 1 aliphatic carbocycles. The van der Waals surface area contributed by atoms with Gasteiger partial charge in [0.05, 0.1) is 0 Å². The Hall–Kier alpha value is -1.31. The van der Waals surface area contributed by atoms with Gasteiger partial charge in [0.2, 0.25) is 5.91 Å². The van der Waals surface area contributed by atoms with Crippen molar-refractivity contribution < 1.29 is 4.79 Å². The SMILES string of the molecule is CCNC(=NCC(=O)NC1CC1)NCCc1ccccc1.I. The first-order valence-corrected chi connectivity index (χ1v) is 7.63. The molecule has 0 spiro atoms. The van der Waals surface area contributed by atoms with Crippen molar-refractivity contribution in [2.24, 2.45) is 4.99 Å². The maximum Gasteiger partial charge on any atom is 0.242 e. The number of guanidine groups is 1. The lowest BCUT2D eigenvalue weighted by molar-refractivity contribution is -0.119. The molecule has 122 valence electrons. The molecular formula is C16H25IN4O. The number of benzene rings is 1. The zero-order chi connectivity index (χ0) is 14.9. The summed E-state index contributed by atoms with van der Waals surface area (Å²) in [4.78, 5) is 15.9. The zero-order valence-corrected chi connectivity index (χ0v) is 15.3. The molecule has 1 amide bonds. The first-order valence-electron chi connectivity index (χ1n) is 7.63. The number of aliphatic imine (C=N–C) groups is 1. The summed E-state index contributed by atoms with van der Waals surface area (Å²) in [5.74, 6) is 0.692. The second-order valence-corrected chi connectivity index (χ2v) is 5.20. The Kier molecular flexibility index (Phi) is 8.88. The summed E-state index contributed by atoms with van der Waals surface area (Å²) >= 11 is 0. The van der Waals surface area contributed by atoms with E-state index in [1.165, 1.54) is 5.56 Å². The number of carbonyl (C=O) groups is 1. The fraction of sp³-hybridized carbons (Fsp3) is 0.500. The summed E-state index contributed by atoms with van der Waals surface area (Å²) in [5, 5.41) is 9.34. The molecule has 22 heavy (non-hydrogen) atoms. The van der Waals surface area contributed by atoms with E-state index in [4.69, 9.17) is 0 Å². The fourth-order valence-electron chi connectivity index (χ4n) is 1.96. The number of nitrogens with one attached hydrogen (secondary N) is 3. The van der Waals surface area contributed by atoms with Crippen LogP contribution in [0.5, 0.6) is 0 Å². The predicted octanol–water partition coefficient (Wildman–Crippen LogP) is 1.68. The molecule has 0 heterocycles. The molecule has 0 aromatic heterocycles. The summed E-state index contributed by atoms with van der Waals surface area (Å²) in [7, 11) is 0. The molecule has 1 aromatic rings. The maximum absolute atomic E-state index is 11.6. The monoisotopic (exact) mass is 416 g/mol. The van der Waals surface area contributed by atoms with Crippen LogP contribution in [0.15, 0.2) is 35.3 Å². The normalized spacial score (nSPS) is 14.0. The Morgan fingerprint density at radius 3 is 2.59 bits per heavy atom. The first-order chi connectivity index (χ1) is 10.3. The zero-order valence-electron chi connectivity index (χ0n) is 13.0. The highest BCUT2D eigenvalue weighted by atomic mass is 127. The van der Waals surface area contributed by atoms with Crippen molar-refractivity contribution >= 4 is 35.8 Å². The van der Waals surface area contributed by atoms with Crippen LogP contribution in [0.1, 0.15) is 25.3 Å². The molecule has 0 unspecified atom stereocenters. The lowest BCUT2D eigenvalue weighted by atomic mass is 10.1. The van der Waals surface area contributed by atoms with Gasteiger partial charge in [0, 0.05) is 19.1 Å². The lowest BCUT2D eigenvalue weighted by Crippen LogP contribution is -2.39. The Morgan fingerprint density at radius 2 is 1.95 bits per heavy atom. The second kappa shape index (κ2) is 10.4. The summed E-state index contributed by atoms with van der Waals surface area (Å²) in [6.45, 7) is 3.76. The van der Waals surface area contributed by atoms with E-state index in [2.05, 4.69) is 33.1 Å². The van der Waals surface area contributed by atoms with Crippen LogP contribution in [-0.2, 0) is 11.2 Å². The summed E-state index contributed by atoms with van der Waals surface area (Å²) in [6.07, 6.45) is 3.13. The second-order valence-electron chi connectivity index (χ2n) is 5.20. The van der Waals surface area contributed by atoms with Crippen LogP contribution < -0.4 is 16.0 Å². The molecular weight excluding hydrogens is 391 g/mol. The van der Waals surface area contributed by atoms with Crippen molar-refractivity contribution in [2.45, 2.75) is 32.2 Å². The van der Waals surface area contributed by atoms with Crippen molar-refractivity contribution in [3.8, 4) is 0 Å². The molecule has 1 aliphatic rings. The van der Waals surface area contributed by atoms with Crippen LogP contribution in [0.25, 0.3) is 0 Å². The molecule has 0 atom stereocenters. The topological polar surface area (TPSA) is 65.5 Å².